The molecule has 1 aliphatic rings. The fourth-order valence-electron chi connectivity index (χ4n) is 3.32. The predicted molar refractivity (Wildman–Crippen MR) is 107 cm³/mol. The van der Waals surface area contributed by atoms with E-state index in [0.717, 1.165) is 5.56 Å². The Morgan fingerprint density at radius 2 is 1.75 bits per heavy atom. The number of methoxy groups -OCH3 is 2. The monoisotopic (exact) mass is 387 g/mol. The average Bonchev–Trinajstić information content (AvgIpc) is 2.74. The molecule has 6 nitrogen and oxygen atoms in total. The van der Waals surface area contributed by atoms with Crippen LogP contribution in [0.2, 0.25) is 0 Å². The minimum Gasteiger partial charge on any atom is -0.493 e. The van der Waals surface area contributed by atoms with E-state index in [4.69, 9.17) is 9.47 Å². The van der Waals surface area contributed by atoms with Crippen LogP contribution in [0.4, 0.5) is 14.9 Å². The zero-order valence-corrected chi connectivity index (χ0v) is 16.3. The molecule has 0 atom stereocenters. The second kappa shape index (κ2) is 9.30. The number of urea groups is 1. The largest absolute Gasteiger partial charge is 0.493 e. The summed E-state index contributed by atoms with van der Waals surface area (Å²) in [5.41, 5.74) is 1.65. The summed E-state index contributed by atoms with van der Waals surface area (Å²) in [6, 6.07) is 12.4. The van der Waals surface area contributed by atoms with Crippen LogP contribution >= 0.6 is 0 Å². The molecule has 1 saturated heterocycles. The maximum Gasteiger partial charge on any atom is 0.317 e. The summed E-state index contributed by atoms with van der Waals surface area (Å²) in [6.45, 7) is 2.89. The Morgan fingerprint density at radius 3 is 2.43 bits per heavy atom. The SMILES string of the molecule is COc1ccc(CCNC(=O)N2CCN(c3ccccc3F)CC2)cc1OC. The van der Waals surface area contributed by atoms with Gasteiger partial charge in [-0.25, -0.2) is 9.18 Å². The Morgan fingerprint density at radius 1 is 1.04 bits per heavy atom. The number of nitrogens with zero attached hydrogens (tertiary/aromatic N) is 2. The number of rotatable bonds is 6. The van der Waals surface area contributed by atoms with E-state index >= 15 is 0 Å². The van der Waals surface area contributed by atoms with Crippen molar-refractivity contribution in [3.63, 3.8) is 0 Å². The average molecular weight is 387 g/mol. The van der Waals surface area contributed by atoms with Gasteiger partial charge in [0.15, 0.2) is 11.5 Å². The molecule has 0 saturated carbocycles. The van der Waals surface area contributed by atoms with E-state index in [-0.39, 0.29) is 11.8 Å². The molecule has 2 aromatic rings. The number of ether oxygens (including phenoxy) is 2. The lowest BCUT2D eigenvalue weighted by atomic mass is 10.1. The zero-order valence-electron chi connectivity index (χ0n) is 16.3. The predicted octanol–water partition coefficient (Wildman–Crippen LogP) is 2.92. The molecule has 28 heavy (non-hydrogen) atoms. The van der Waals surface area contributed by atoms with E-state index in [1.165, 1.54) is 6.07 Å². The third kappa shape index (κ3) is 4.65. The van der Waals surface area contributed by atoms with Gasteiger partial charge in [0.2, 0.25) is 0 Å². The number of halogens is 1. The quantitative estimate of drug-likeness (QED) is 0.828. The Balaban J connectivity index is 1.46. The maximum absolute atomic E-state index is 13.9. The third-order valence-corrected chi connectivity index (χ3v) is 4.90. The Bertz CT molecular complexity index is 807. The summed E-state index contributed by atoms with van der Waals surface area (Å²) in [4.78, 5) is 16.1. The number of hydrogen-bond acceptors (Lipinski definition) is 4. The minimum atomic E-state index is -0.227. The number of nitrogens with one attached hydrogen (secondary N) is 1. The summed E-state index contributed by atoms with van der Waals surface area (Å²) in [5.74, 6) is 1.13. The van der Waals surface area contributed by atoms with Gasteiger partial charge in [-0.1, -0.05) is 18.2 Å². The number of anilines is 1. The zero-order chi connectivity index (χ0) is 19.9. The first-order chi connectivity index (χ1) is 13.6. The summed E-state index contributed by atoms with van der Waals surface area (Å²) >= 11 is 0. The van der Waals surface area contributed by atoms with E-state index in [0.29, 0.717) is 56.3 Å². The lowest BCUT2D eigenvalue weighted by Gasteiger charge is -2.36. The number of para-hydroxylation sites is 1. The molecule has 0 aromatic heterocycles. The molecule has 7 heteroatoms. The van der Waals surface area contributed by atoms with E-state index in [2.05, 4.69) is 5.32 Å². The van der Waals surface area contributed by atoms with Gasteiger partial charge < -0.3 is 24.6 Å². The molecule has 0 radical (unpaired) electrons. The Kier molecular flexibility index (Phi) is 6.57. The van der Waals surface area contributed by atoms with Gasteiger partial charge in [-0.15, -0.1) is 0 Å². The second-order valence-electron chi connectivity index (χ2n) is 6.60. The van der Waals surface area contributed by atoms with Crippen LogP contribution in [0.25, 0.3) is 0 Å². The minimum absolute atomic E-state index is 0.0892. The molecule has 1 fully saturated rings. The van der Waals surface area contributed by atoms with Crippen molar-refractivity contribution >= 4 is 11.7 Å². The van der Waals surface area contributed by atoms with Gasteiger partial charge in [0.25, 0.3) is 0 Å². The first kappa shape index (κ1) is 19.8. The lowest BCUT2D eigenvalue weighted by Crippen LogP contribution is -2.52. The van der Waals surface area contributed by atoms with Crippen molar-refractivity contribution < 1.29 is 18.7 Å². The molecular formula is C21H26FN3O3. The van der Waals surface area contributed by atoms with E-state index in [9.17, 15) is 9.18 Å². The molecule has 1 aliphatic heterocycles. The van der Waals surface area contributed by atoms with Crippen LogP contribution < -0.4 is 19.7 Å². The maximum atomic E-state index is 13.9. The van der Waals surface area contributed by atoms with Crippen molar-refractivity contribution in [3.05, 3.63) is 53.8 Å². The Labute approximate surface area is 164 Å². The molecule has 0 unspecified atom stereocenters. The van der Waals surface area contributed by atoms with Crippen LogP contribution in [-0.4, -0.2) is 57.9 Å². The molecular weight excluding hydrogens is 361 g/mol. The fraction of sp³-hybridized carbons (Fsp3) is 0.381. The highest BCUT2D eigenvalue weighted by atomic mass is 19.1. The molecule has 2 amide bonds. The van der Waals surface area contributed by atoms with Crippen LogP contribution in [0.1, 0.15) is 5.56 Å². The highest BCUT2D eigenvalue weighted by Crippen LogP contribution is 2.27. The van der Waals surface area contributed by atoms with Crippen LogP contribution in [0.5, 0.6) is 11.5 Å². The van der Waals surface area contributed by atoms with Crippen molar-refractivity contribution in [1.29, 1.82) is 0 Å². The van der Waals surface area contributed by atoms with E-state index in [1.807, 2.05) is 29.2 Å². The Hall–Kier alpha value is -2.96. The van der Waals surface area contributed by atoms with Crippen LogP contribution in [0, 0.1) is 5.82 Å². The van der Waals surface area contributed by atoms with Gasteiger partial charge in [-0.2, -0.15) is 0 Å². The van der Waals surface area contributed by atoms with Crippen LogP contribution in [-0.2, 0) is 6.42 Å². The van der Waals surface area contributed by atoms with Gasteiger partial charge in [-0.05, 0) is 36.2 Å². The number of carbonyl (C=O) groups is 1. The smallest absolute Gasteiger partial charge is 0.317 e. The van der Waals surface area contributed by atoms with Crippen molar-refractivity contribution in [2.24, 2.45) is 0 Å². The summed E-state index contributed by atoms with van der Waals surface area (Å²) < 4.78 is 24.4. The highest BCUT2D eigenvalue weighted by molar-refractivity contribution is 5.74. The molecule has 1 N–H and O–H groups in total. The molecule has 3 rings (SSSR count). The number of benzene rings is 2. The molecule has 0 spiro atoms. The van der Waals surface area contributed by atoms with Crippen molar-refractivity contribution in [1.82, 2.24) is 10.2 Å². The van der Waals surface area contributed by atoms with E-state index in [1.54, 1.807) is 31.3 Å². The van der Waals surface area contributed by atoms with Gasteiger partial charge in [-0.3, -0.25) is 0 Å². The summed E-state index contributed by atoms with van der Waals surface area (Å²) in [6.07, 6.45) is 0.696. The van der Waals surface area contributed by atoms with Gasteiger partial charge in [0.05, 0.1) is 19.9 Å². The first-order valence-electron chi connectivity index (χ1n) is 9.35. The molecule has 150 valence electrons. The number of hydrogen-bond donors (Lipinski definition) is 1. The lowest BCUT2D eigenvalue weighted by molar-refractivity contribution is 0.194. The van der Waals surface area contributed by atoms with Crippen LogP contribution in [0.3, 0.4) is 0 Å². The first-order valence-corrected chi connectivity index (χ1v) is 9.35. The summed E-state index contributed by atoms with van der Waals surface area (Å²) in [7, 11) is 3.20. The second-order valence-corrected chi connectivity index (χ2v) is 6.60. The topological polar surface area (TPSA) is 54.0 Å². The number of carbonyl (C=O) groups excluding carboxylic acids is 1. The van der Waals surface area contributed by atoms with Gasteiger partial charge in [0, 0.05) is 32.7 Å². The highest BCUT2D eigenvalue weighted by Gasteiger charge is 2.22. The number of piperazine rings is 1. The molecule has 1 heterocycles. The standard InChI is InChI=1S/C21H26FN3O3/c1-27-19-8-7-16(15-20(19)28-2)9-10-23-21(26)25-13-11-24(12-14-25)18-6-4-3-5-17(18)22/h3-8,15H,9-14H2,1-2H3,(H,23,26). The summed E-state index contributed by atoms with van der Waals surface area (Å²) in [5, 5.41) is 2.96. The number of amides is 2. The third-order valence-electron chi connectivity index (χ3n) is 4.90. The van der Waals surface area contributed by atoms with E-state index < -0.39 is 0 Å². The van der Waals surface area contributed by atoms with Crippen molar-refractivity contribution in [3.8, 4) is 11.5 Å². The van der Waals surface area contributed by atoms with Gasteiger partial charge >= 0.3 is 6.03 Å². The van der Waals surface area contributed by atoms with Crippen molar-refractivity contribution in [2.45, 2.75) is 6.42 Å². The molecule has 0 aliphatic carbocycles. The normalized spacial score (nSPS) is 14.0. The fourth-order valence-corrected chi connectivity index (χ4v) is 3.32. The van der Waals surface area contributed by atoms with Crippen LogP contribution in [0.15, 0.2) is 42.5 Å². The molecule has 0 bridgehead atoms. The van der Waals surface area contributed by atoms with Crippen molar-refractivity contribution in [2.75, 3.05) is 51.8 Å². The molecule has 2 aromatic carbocycles. The van der Waals surface area contributed by atoms with Gasteiger partial charge in [0.1, 0.15) is 5.82 Å².